The number of carboxylic acid groups (broad SMARTS) is 1. The van der Waals surface area contributed by atoms with Crippen LogP contribution in [0.4, 0.5) is 0 Å². The summed E-state index contributed by atoms with van der Waals surface area (Å²) in [5.74, 6) is -1.61. The van der Waals surface area contributed by atoms with Gasteiger partial charge in [0.1, 0.15) is 11.9 Å². The lowest BCUT2D eigenvalue weighted by Crippen LogP contribution is -2.40. The van der Waals surface area contributed by atoms with Gasteiger partial charge in [0.25, 0.3) is 0 Å². The van der Waals surface area contributed by atoms with E-state index in [0.717, 1.165) is 17.7 Å². The van der Waals surface area contributed by atoms with Crippen molar-refractivity contribution in [2.75, 3.05) is 6.54 Å². The average molecular weight is 277 g/mol. The quantitative estimate of drug-likeness (QED) is 0.854. The molecule has 0 saturated heterocycles. The summed E-state index contributed by atoms with van der Waals surface area (Å²) in [5, 5.41) is 11.7. The fraction of sp³-hybridized carbons (Fsp3) is 0.467. The number of para-hydroxylation sites is 1. The van der Waals surface area contributed by atoms with Crippen LogP contribution in [0.3, 0.4) is 0 Å². The molecule has 0 saturated carbocycles. The van der Waals surface area contributed by atoms with E-state index in [9.17, 15) is 9.59 Å². The van der Waals surface area contributed by atoms with Gasteiger partial charge in [0, 0.05) is 12.3 Å². The Labute approximate surface area is 117 Å². The van der Waals surface area contributed by atoms with Gasteiger partial charge in [-0.1, -0.05) is 32.0 Å². The summed E-state index contributed by atoms with van der Waals surface area (Å²) in [6.07, 6.45) is 0.683. The smallest absolute Gasteiger partial charge is 0.307 e. The molecule has 3 unspecified atom stereocenters. The Kier molecular flexibility index (Phi) is 4.27. The van der Waals surface area contributed by atoms with Crippen LogP contribution >= 0.6 is 0 Å². The SMILES string of the molecule is CC(C(=O)O)C(C)C(=O)NCC1Cc2ccccc2O1. The summed E-state index contributed by atoms with van der Waals surface area (Å²) in [6.45, 7) is 3.55. The molecule has 0 bridgehead atoms. The molecule has 0 radical (unpaired) electrons. The van der Waals surface area contributed by atoms with Crippen molar-refractivity contribution in [2.24, 2.45) is 11.8 Å². The molecule has 0 spiro atoms. The molecule has 1 amide bonds. The Hall–Kier alpha value is -2.04. The number of carbonyl (C=O) groups is 2. The van der Waals surface area contributed by atoms with Crippen molar-refractivity contribution in [1.82, 2.24) is 5.32 Å². The largest absolute Gasteiger partial charge is 0.488 e. The lowest BCUT2D eigenvalue weighted by atomic mass is 9.95. The van der Waals surface area contributed by atoms with Gasteiger partial charge in [0.15, 0.2) is 0 Å². The Bertz CT molecular complexity index is 489. The number of benzene rings is 1. The van der Waals surface area contributed by atoms with Crippen LogP contribution in [-0.4, -0.2) is 29.6 Å². The van der Waals surface area contributed by atoms with Crippen LogP contribution in [0.1, 0.15) is 19.4 Å². The maximum atomic E-state index is 11.9. The van der Waals surface area contributed by atoms with Gasteiger partial charge in [-0.3, -0.25) is 9.59 Å². The predicted molar refractivity (Wildman–Crippen MR) is 73.5 cm³/mol. The highest BCUT2D eigenvalue weighted by Gasteiger charge is 2.27. The van der Waals surface area contributed by atoms with Crippen LogP contribution in [0.2, 0.25) is 0 Å². The van der Waals surface area contributed by atoms with Gasteiger partial charge in [-0.05, 0) is 11.6 Å². The van der Waals surface area contributed by atoms with Gasteiger partial charge in [-0.25, -0.2) is 0 Å². The van der Waals surface area contributed by atoms with Crippen molar-refractivity contribution >= 4 is 11.9 Å². The fourth-order valence-electron chi connectivity index (χ4n) is 2.18. The lowest BCUT2D eigenvalue weighted by Gasteiger charge is -2.17. The molecule has 0 aromatic heterocycles. The Morgan fingerprint density at radius 3 is 2.70 bits per heavy atom. The van der Waals surface area contributed by atoms with Crippen molar-refractivity contribution < 1.29 is 19.4 Å². The molecule has 2 rings (SSSR count). The van der Waals surface area contributed by atoms with Crippen LogP contribution in [0.15, 0.2) is 24.3 Å². The summed E-state index contributed by atoms with van der Waals surface area (Å²) in [7, 11) is 0. The number of hydrogen-bond donors (Lipinski definition) is 2. The zero-order valence-corrected chi connectivity index (χ0v) is 11.6. The Balaban J connectivity index is 1.82. The summed E-state index contributed by atoms with van der Waals surface area (Å²) in [5.41, 5.74) is 1.14. The first-order chi connectivity index (χ1) is 9.49. The number of rotatable bonds is 5. The van der Waals surface area contributed by atoms with Crippen LogP contribution in [0.25, 0.3) is 0 Å². The zero-order chi connectivity index (χ0) is 14.7. The lowest BCUT2D eigenvalue weighted by molar-refractivity contribution is -0.146. The number of hydrogen-bond acceptors (Lipinski definition) is 3. The summed E-state index contributed by atoms with van der Waals surface area (Å²) < 4.78 is 5.71. The molecule has 3 atom stereocenters. The van der Waals surface area contributed by atoms with Crippen LogP contribution in [0.5, 0.6) is 5.75 Å². The van der Waals surface area contributed by atoms with Crippen LogP contribution in [0, 0.1) is 11.8 Å². The molecular formula is C15H19NO4. The second kappa shape index (κ2) is 5.94. The minimum atomic E-state index is -0.961. The number of aliphatic carboxylic acids is 1. The first-order valence-electron chi connectivity index (χ1n) is 6.74. The fourth-order valence-corrected chi connectivity index (χ4v) is 2.18. The highest BCUT2D eigenvalue weighted by molar-refractivity contribution is 5.84. The van der Waals surface area contributed by atoms with Crippen molar-refractivity contribution in [1.29, 1.82) is 0 Å². The van der Waals surface area contributed by atoms with Crippen LogP contribution < -0.4 is 10.1 Å². The minimum Gasteiger partial charge on any atom is -0.488 e. The molecular weight excluding hydrogens is 258 g/mol. The third-order valence-corrected chi connectivity index (χ3v) is 3.77. The van der Waals surface area contributed by atoms with E-state index in [1.807, 2.05) is 24.3 Å². The monoisotopic (exact) mass is 277 g/mol. The Morgan fingerprint density at radius 1 is 1.35 bits per heavy atom. The summed E-state index contributed by atoms with van der Waals surface area (Å²) in [4.78, 5) is 22.7. The number of carboxylic acids is 1. The van der Waals surface area contributed by atoms with Gasteiger partial charge in [-0.2, -0.15) is 0 Å². The maximum Gasteiger partial charge on any atom is 0.307 e. The molecule has 5 nitrogen and oxygen atoms in total. The normalized spacial score (nSPS) is 19.6. The molecule has 1 aromatic carbocycles. The van der Waals surface area contributed by atoms with E-state index >= 15 is 0 Å². The molecule has 20 heavy (non-hydrogen) atoms. The molecule has 0 fully saturated rings. The van der Waals surface area contributed by atoms with Crippen molar-refractivity contribution in [3.8, 4) is 5.75 Å². The van der Waals surface area contributed by atoms with E-state index in [4.69, 9.17) is 9.84 Å². The van der Waals surface area contributed by atoms with E-state index in [1.54, 1.807) is 6.92 Å². The maximum absolute atomic E-state index is 11.9. The average Bonchev–Trinajstić information content (AvgIpc) is 2.85. The number of fused-ring (bicyclic) bond motifs is 1. The number of nitrogens with one attached hydrogen (secondary N) is 1. The first-order valence-corrected chi connectivity index (χ1v) is 6.74. The number of amides is 1. The van der Waals surface area contributed by atoms with E-state index in [1.165, 1.54) is 6.92 Å². The second-order valence-electron chi connectivity index (χ2n) is 5.21. The van der Waals surface area contributed by atoms with Gasteiger partial charge in [0.05, 0.1) is 12.5 Å². The topological polar surface area (TPSA) is 75.6 Å². The second-order valence-corrected chi connectivity index (χ2v) is 5.21. The molecule has 108 valence electrons. The van der Waals surface area contributed by atoms with Gasteiger partial charge in [0.2, 0.25) is 5.91 Å². The summed E-state index contributed by atoms with van der Waals surface area (Å²) in [6, 6.07) is 7.79. The molecule has 1 aliphatic rings. The van der Waals surface area contributed by atoms with Gasteiger partial charge < -0.3 is 15.2 Å². The minimum absolute atomic E-state index is 0.0799. The van der Waals surface area contributed by atoms with Gasteiger partial charge >= 0.3 is 5.97 Å². The number of carbonyl (C=O) groups excluding carboxylic acids is 1. The first kappa shape index (κ1) is 14.4. The van der Waals surface area contributed by atoms with Crippen molar-refractivity contribution in [3.63, 3.8) is 0 Å². The number of ether oxygens (including phenoxy) is 1. The predicted octanol–water partition coefficient (Wildman–Crippen LogP) is 1.46. The van der Waals surface area contributed by atoms with E-state index in [-0.39, 0.29) is 12.0 Å². The van der Waals surface area contributed by atoms with Gasteiger partial charge in [-0.15, -0.1) is 0 Å². The molecule has 0 aliphatic carbocycles. The highest BCUT2D eigenvalue weighted by Crippen LogP contribution is 2.27. The third-order valence-electron chi connectivity index (χ3n) is 3.77. The van der Waals surface area contributed by atoms with Crippen molar-refractivity contribution in [3.05, 3.63) is 29.8 Å². The zero-order valence-electron chi connectivity index (χ0n) is 11.6. The summed E-state index contributed by atoms with van der Waals surface area (Å²) >= 11 is 0. The standard InChI is InChI=1S/C15H19NO4/c1-9(10(2)15(18)19)14(17)16-8-12-7-11-5-3-4-6-13(11)20-12/h3-6,9-10,12H,7-8H2,1-2H3,(H,16,17)(H,18,19). The molecule has 1 heterocycles. The van der Waals surface area contributed by atoms with E-state index < -0.39 is 17.8 Å². The highest BCUT2D eigenvalue weighted by atomic mass is 16.5. The van der Waals surface area contributed by atoms with Crippen LogP contribution in [-0.2, 0) is 16.0 Å². The Morgan fingerprint density at radius 2 is 2.05 bits per heavy atom. The van der Waals surface area contributed by atoms with E-state index in [0.29, 0.717) is 6.54 Å². The van der Waals surface area contributed by atoms with Crippen molar-refractivity contribution in [2.45, 2.75) is 26.4 Å². The molecule has 2 N–H and O–H groups in total. The van der Waals surface area contributed by atoms with E-state index in [2.05, 4.69) is 5.32 Å². The molecule has 1 aliphatic heterocycles. The molecule has 5 heteroatoms. The molecule has 1 aromatic rings. The third kappa shape index (κ3) is 3.10.